The molecule has 0 radical (unpaired) electrons. The average molecular weight is 403 g/mol. The monoisotopic (exact) mass is 402 g/mol. The number of hydrogen-bond donors (Lipinski definition) is 3. The maximum atomic E-state index is 11.0. The number of nitrogens with one attached hydrogen (secondary N) is 2. The summed E-state index contributed by atoms with van der Waals surface area (Å²) in [5.41, 5.74) is 3.46. The van der Waals surface area contributed by atoms with Crippen molar-refractivity contribution >= 4 is 29.4 Å². The van der Waals surface area contributed by atoms with E-state index in [4.69, 9.17) is 21.5 Å². The molecule has 3 rings (SSSR count). The second-order valence-corrected chi connectivity index (χ2v) is 7.03. The molecule has 0 unspecified atom stereocenters. The first-order chi connectivity index (χ1) is 13.6. The van der Waals surface area contributed by atoms with Crippen molar-refractivity contribution in [2.75, 3.05) is 25.5 Å². The number of amides is 1. The highest BCUT2D eigenvalue weighted by Crippen LogP contribution is 2.24. The number of hydrogen-bond acceptors (Lipinski definition) is 6. The summed E-state index contributed by atoms with van der Waals surface area (Å²) < 4.78 is 5.20. The summed E-state index contributed by atoms with van der Waals surface area (Å²) in [5, 5.41) is 12.4. The quantitative estimate of drug-likeness (QED) is 0.375. The van der Waals surface area contributed by atoms with Crippen molar-refractivity contribution in [3.8, 4) is 5.75 Å². The Morgan fingerprint density at radius 3 is 2.89 bits per heavy atom. The van der Waals surface area contributed by atoms with Gasteiger partial charge in [-0.2, -0.15) is 0 Å². The van der Waals surface area contributed by atoms with Gasteiger partial charge in [0.1, 0.15) is 11.6 Å². The van der Waals surface area contributed by atoms with Crippen LogP contribution in [0.2, 0.25) is 5.02 Å². The number of nitrogens with zero attached hydrogens (tertiary/aromatic N) is 2. The molecule has 1 atom stereocenters. The predicted molar refractivity (Wildman–Crippen MR) is 109 cm³/mol. The molecule has 1 amide bonds. The molecule has 8 heteroatoms. The molecule has 0 bridgehead atoms. The lowest BCUT2D eigenvalue weighted by molar-refractivity contribution is -0.124. The van der Waals surface area contributed by atoms with Crippen LogP contribution in [0.15, 0.2) is 42.6 Å². The van der Waals surface area contributed by atoms with Crippen LogP contribution >= 0.6 is 11.6 Å². The lowest BCUT2D eigenvalue weighted by Gasteiger charge is -2.18. The van der Waals surface area contributed by atoms with E-state index in [1.807, 2.05) is 12.1 Å². The Morgan fingerprint density at radius 1 is 1.43 bits per heavy atom. The Balaban J connectivity index is 1.54. The van der Waals surface area contributed by atoms with E-state index in [0.717, 1.165) is 31.8 Å². The topological polar surface area (TPSA) is 86.7 Å². The largest absolute Gasteiger partial charge is 0.497 e. The molecular formula is C20H23ClN4O3. The first kappa shape index (κ1) is 20.1. The van der Waals surface area contributed by atoms with Gasteiger partial charge >= 0.3 is 0 Å². The molecule has 1 aliphatic rings. The molecule has 1 aliphatic heterocycles. The standard InChI is InChI=1S/C20H23ClN4O3/c1-28-17-5-2-14(3-6-17)12-25-9-8-16(13-25)23-20-18(21)10-15(11-22-20)4-7-19(26)24-27/h2-7,10-11,16,27H,8-9,12-13H2,1H3,(H,22,23)(H,24,26)/t16-/m1/s1. The van der Waals surface area contributed by atoms with Crippen molar-refractivity contribution in [2.24, 2.45) is 0 Å². The smallest absolute Gasteiger partial charge is 0.267 e. The maximum Gasteiger partial charge on any atom is 0.267 e. The highest BCUT2D eigenvalue weighted by molar-refractivity contribution is 6.33. The first-order valence-corrected chi connectivity index (χ1v) is 9.34. The Kier molecular flexibility index (Phi) is 6.86. The molecule has 28 heavy (non-hydrogen) atoms. The van der Waals surface area contributed by atoms with Gasteiger partial charge in [0, 0.05) is 37.9 Å². The fraction of sp³-hybridized carbons (Fsp3) is 0.300. The molecule has 3 N–H and O–H groups in total. The molecule has 148 valence electrons. The molecule has 0 aliphatic carbocycles. The van der Waals surface area contributed by atoms with Gasteiger partial charge < -0.3 is 10.1 Å². The van der Waals surface area contributed by atoms with E-state index in [1.54, 1.807) is 19.4 Å². The van der Waals surface area contributed by atoms with E-state index in [9.17, 15) is 4.79 Å². The van der Waals surface area contributed by atoms with Crippen LogP contribution in [0.4, 0.5) is 5.82 Å². The van der Waals surface area contributed by atoms with Gasteiger partial charge in [0.15, 0.2) is 0 Å². The van der Waals surface area contributed by atoms with Crippen LogP contribution in [0.25, 0.3) is 6.08 Å². The van der Waals surface area contributed by atoms with Crippen molar-refractivity contribution in [2.45, 2.75) is 19.0 Å². The van der Waals surface area contributed by atoms with Crippen LogP contribution in [-0.2, 0) is 11.3 Å². The molecule has 0 spiro atoms. The van der Waals surface area contributed by atoms with Crippen LogP contribution in [0.5, 0.6) is 5.75 Å². The Morgan fingerprint density at radius 2 is 2.21 bits per heavy atom. The number of halogens is 1. The van der Waals surface area contributed by atoms with Crippen molar-refractivity contribution < 1.29 is 14.7 Å². The van der Waals surface area contributed by atoms with E-state index >= 15 is 0 Å². The van der Waals surface area contributed by atoms with Crippen LogP contribution in [-0.4, -0.2) is 47.2 Å². The lowest BCUT2D eigenvalue weighted by Crippen LogP contribution is -2.26. The minimum absolute atomic E-state index is 0.268. The fourth-order valence-electron chi connectivity index (χ4n) is 3.14. The molecule has 0 saturated carbocycles. The van der Waals surface area contributed by atoms with Crippen molar-refractivity contribution in [3.63, 3.8) is 0 Å². The van der Waals surface area contributed by atoms with E-state index in [1.165, 1.54) is 23.2 Å². The van der Waals surface area contributed by atoms with Crippen LogP contribution < -0.4 is 15.5 Å². The number of anilines is 1. The number of ether oxygens (including phenoxy) is 1. The molecule has 1 fully saturated rings. The highest BCUT2D eigenvalue weighted by atomic mass is 35.5. The van der Waals surface area contributed by atoms with E-state index in [0.29, 0.717) is 16.4 Å². The van der Waals surface area contributed by atoms with Gasteiger partial charge in [-0.05, 0) is 41.8 Å². The molecule has 2 heterocycles. The minimum Gasteiger partial charge on any atom is -0.497 e. The highest BCUT2D eigenvalue weighted by Gasteiger charge is 2.23. The van der Waals surface area contributed by atoms with E-state index < -0.39 is 5.91 Å². The summed E-state index contributed by atoms with van der Waals surface area (Å²) in [4.78, 5) is 17.8. The third kappa shape index (κ3) is 5.45. The molecule has 2 aromatic rings. The number of benzene rings is 1. The fourth-order valence-corrected chi connectivity index (χ4v) is 3.37. The lowest BCUT2D eigenvalue weighted by atomic mass is 10.2. The molecule has 7 nitrogen and oxygen atoms in total. The normalized spacial score (nSPS) is 17.0. The van der Waals surface area contributed by atoms with Gasteiger partial charge in [0.05, 0.1) is 12.1 Å². The van der Waals surface area contributed by atoms with E-state index in [-0.39, 0.29) is 6.04 Å². The van der Waals surface area contributed by atoms with Gasteiger partial charge in [0.2, 0.25) is 0 Å². The second-order valence-electron chi connectivity index (χ2n) is 6.62. The molecule has 1 saturated heterocycles. The van der Waals surface area contributed by atoms with Gasteiger partial charge in [-0.25, -0.2) is 10.5 Å². The Hall–Kier alpha value is -2.61. The number of methoxy groups -OCH3 is 1. The third-order valence-electron chi connectivity index (χ3n) is 4.58. The predicted octanol–water partition coefficient (Wildman–Crippen LogP) is 2.95. The summed E-state index contributed by atoms with van der Waals surface area (Å²) in [5.74, 6) is 0.878. The maximum absolute atomic E-state index is 11.0. The Labute approximate surface area is 168 Å². The van der Waals surface area contributed by atoms with Crippen LogP contribution in [0.1, 0.15) is 17.5 Å². The summed E-state index contributed by atoms with van der Waals surface area (Å²) in [6, 6.07) is 10.1. The summed E-state index contributed by atoms with van der Waals surface area (Å²) in [6.45, 7) is 2.79. The third-order valence-corrected chi connectivity index (χ3v) is 4.87. The first-order valence-electron chi connectivity index (χ1n) is 8.97. The summed E-state index contributed by atoms with van der Waals surface area (Å²) in [7, 11) is 1.67. The SMILES string of the molecule is COc1ccc(CN2CC[C@@H](Nc3ncc(C=CC(=O)NO)cc3Cl)C2)cc1. The van der Waals surface area contributed by atoms with Gasteiger partial charge in [-0.15, -0.1) is 0 Å². The van der Waals surface area contributed by atoms with Crippen molar-refractivity contribution in [3.05, 3.63) is 58.8 Å². The van der Waals surface area contributed by atoms with Crippen LogP contribution in [0, 0.1) is 0 Å². The average Bonchev–Trinajstić information content (AvgIpc) is 3.15. The molecule has 1 aromatic carbocycles. The number of pyridine rings is 1. The zero-order chi connectivity index (χ0) is 19.9. The zero-order valence-corrected chi connectivity index (χ0v) is 16.3. The van der Waals surface area contributed by atoms with Gasteiger partial charge in [0.25, 0.3) is 5.91 Å². The second kappa shape index (κ2) is 9.54. The van der Waals surface area contributed by atoms with Crippen molar-refractivity contribution in [1.29, 1.82) is 0 Å². The number of rotatable bonds is 7. The number of aromatic nitrogens is 1. The summed E-state index contributed by atoms with van der Waals surface area (Å²) >= 11 is 6.32. The van der Waals surface area contributed by atoms with E-state index in [2.05, 4.69) is 27.3 Å². The number of carbonyl (C=O) groups is 1. The molecular weight excluding hydrogens is 380 g/mol. The number of hydroxylamine groups is 1. The van der Waals surface area contributed by atoms with Crippen LogP contribution in [0.3, 0.4) is 0 Å². The minimum atomic E-state index is -0.610. The molecule has 1 aromatic heterocycles. The van der Waals surface area contributed by atoms with Gasteiger partial charge in [-0.1, -0.05) is 23.7 Å². The number of likely N-dealkylation sites (tertiary alicyclic amines) is 1. The zero-order valence-electron chi connectivity index (χ0n) is 15.6. The van der Waals surface area contributed by atoms with Crippen molar-refractivity contribution in [1.82, 2.24) is 15.4 Å². The number of carbonyl (C=O) groups excluding carboxylic acids is 1. The summed E-state index contributed by atoms with van der Waals surface area (Å²) in [6.07, 6.45) is 5.36. The Bertz CT molecular complexity index is 842. The van der Waals surface area contributed by atoms with Gasteiger partial charge in [-0.3, -0.25) is 14.9 Å².